The summed E-state index contributed by atoms with van der Waals surface area (Å²) >= 11 is 0. The zero-order valence-electron chi connectivity index (χ0n) is 16.4. The van der Waals surface area contributed by atoms with Gasteiger partial charge in [0.15, 0.2) is 17.4 Å². The van der Waals surface area contributed by atoms with E-state index in [1.807, 2.05) is 31.9 Å². The van der Waals surface area contributed by atoms with Crippen molar-refractivity contribution >= 4 is 18.2 Å². The summed E-state index contributed by atoms with van der Waals surface area (Å²) in [6.07, 6.45) is 4.81. The second kappa shape index (κ2) is 8.88. The van der Waals surface area contributed by atoms with Crippen LogP contribution in [0.1, 0.15) is 40.0 Å². The monoisotopic (exact) mass is 376 g/mol. The van der Waals surface area contributed by atoms with Gasteiger partial charge in [0.25, 0.3) is 0 Å². The van der Waals surface area contributed by atoms with Crippen LogP contribution in [0.5, 0.6) is 0 Å². The molecule has 2 aliphatic rings. The van der Waals surface area contributed by atoms with Crippen molar-refractivity contribution in [2.24, 2.45) is 11.8 Å². The molecule has 0 bridgehead atoms. The summed E-state index contributed by atoms with van der Waals surface area (Å²) in [4.78, 5) is 38.2. The second-order valence-corrected chi connectivity index (χ2v) is 7.28. The molecule has 0 radical (unpaired) electrons. The van der Waals surface area contributed by atoms with E-state index in [0.29, 0.717) is 36.6 Å². The van der Waals surface area contributed by atoms with E-state index < -0.39 is 12.0 Å². The average Bonchev–Trinajstić information content (AvgIpc) is 2.60. The van der Waals surface area contributed by atoms with Gasteiger partial charge in [-0.25, -0.2) is 4.79 Å². The van der Waals surface area contributed by atoms with Crippen molar-refractivity contribution in [2.75, 3.05) is 20.2 Å². The number of hydrogen-bond donors (Lipinski definition) is 1. The molecule has 0 fully saturated rings. The number of amides is 1. The molecule has 1 N–H and O–H groups in total. The van der Waals surface area contributed by atoms with Crippen molar-refractivity contribution < 1.29 is 24.2 Å². The lowest BCUT2D eigenvalue weighted by Gasteiger charge is -2.38. The van der Waals surface area contributed by atoms with Gasteiger partial charge in [-0.3, -0.25) is 9.69 Å². The number of hydrogen-bond acceptors (Lipinski definition) is 5. The summed E-state index contributed by atoms with van der Waals surface area (Å²) in [7, 11) is 1.47. The van der Waals surface area contributed by atoms with Gasteiger partial charge in [-0.15, -0.1) is 0 Å². The first-order valence-electron chi connectivity index (χ1n) is 9.31. The standard InChI is InChI=1S/C20H28N2O5/c1-5-6-7-27-18-16-8-15(12-23)17(24)9-14(16)11-22(10-13(2)3)19(18)21(4)20(25)26/h8,11-13,15H,5-7,9-10H2,1-4H3,(H,25,26). The van der Waals surface area contributed by atoms with Crippen molar-refractivity contribution in [3.8, 4) is 0 Å². The highest BCUT2D eigenvalue weighted by molar-refractivity contribution is 5.99. The molecule has 7 nitrogen and oxygen atoms in total. The third-order valence-electron chi connectivity index (χ3n) is 4.52. The van der Waals surface area contributed by atoms with Crippen LogP contribution in [0.15, 0.2) is 35.0 Å². The van der Waals surface area contributed by atoms with Gasteiger partial charge < -0.3 is 19.5 Å². The number of fused-ring (bicyclic) bond motifs is 1. The average molecular weight is 376 g/mol. The minimum Gasteiger partial charge on any atom is -0.489 e. The highest BCUT2D eigenvalue weighted by Gasteiger charge is 2.36. The normalized spacial score (nSPS) is 19.5. The van der Waals surface area contributed by atoms with Crippen LogP contribution in [0, 0.1) is 11.8 Å². The van der Waals surface area contributed by atoms with Crippen LogP contribution in [0.2, 0.25) is 0 Å². The molecule has 0 aromatic heterocycles. The molecular weight excluding hydrogens is 348 g/mol. The van der Waals surface area contributed by atoms with E-state index in [2.05, 4.69) is 0 Å². The van der Waals surface area contributed by atoms with Gasteiger partial charge in [0, 0.05) is 31.8 Å². The maximum absolute atomic E-state index is 12.2. The van der Waals surface area contributed by atoms with Crippen molar-refractivity contribution in [1.82, 2.24) is 9.80 Å². The molecule has 0 spiro atoms. The second-order valence-electron chi connectivity index (χ2n) is 7.28. The molecule has 1 unspecified atom stereocenters. The Labute approximate surface area is 160 Å². The Kier molecular flexibility index (Phi) is 6.82. The van der Waals surface area contributed by atoms with Crippen LogP contribution in [-0.2, 0) is 14.3 Å². The van der Waals surface area contributed by atoms with Crippen molar-refractivity contribution in [3.63, 3.8) is 0 Å². The summed E-state index contributed by atoms with van der Waals surface area (Å²) in [5.41, 5.74) is 1.40. The fourth-order valence-electron chi connectivity index (χ4n) is 3.16. The highest BCUT2D eigenvalue weighted by atomic mass is 16.5. The molecular formula is C20H28N2O5. The van der Waals surface area contributed by atoms with Gasteiger partial charge in [-0.1, -0.05) is 33.3 Å². The zero-order valence-corrected chi connectivity index (χ0v) is 16.4. The fourth-order valence-corrected chi connectivity index (χ4v) is 3.16. The Morgan fingerprint density at radius 1 is 1.48 bits per heavy atom. The molecule has 1 heterocycles. The zero-order chi connectivity index (χ0) is 20.1. The van der Waals surface area contributed by atoms with Crippen LogP contribution < -0.4 is 0 Å². The summed E-state index contributed by atoms with van der Waals surface area (Å²) in [5, 5.41) is 9.57. The Morgan fingerprint density at radius 2 is 2.19 bits per heavy atom. The number of carboxylic acid groups (broad SMARTS) is 1. The van der Waals surface area contributed by atoms with Gasteiger partial charge >= 0.3 is 6.09 Å². The predicted molar refractivity (Wildman–Crippen MR) is 101 cm³/mol. The van der Waals surface area contributed by atoms with E-state index in [1.54, 1.807) is 6.08 Å². The molecule has 0 saturated heterocycles. The van der Waals surface area contributed by atoms with Gasteiger partial charge in [-0.2, -0.15) is 0 Å². The van der Waals surface area contributed by atoms with E-state index in [-0.39, 0.29) is 18.1 Å². The number of carbonyl (C=O) groups excluding carboxylic acids is 2. The molecule has 1 atom stereocenters. The van der Waals surface area contributed by atoms with E-state index >= 15 is 0 Å². The summed E-state index contributed by atoms with van der Waals surface area (Å²) in [6, 6.07) is 0. The number of allylic oxidation sites excluding steroid dienone is 2. The molecule has 1 amide bonds. The molecule has 0 aromatic carbocycles. The fraction of sp³-hybridized carbons (Fsp3) is 0.550. The van der Waals surface area contributed by atoms with Crippen molar-refractivity contribution in [2.45, 2.75) is 40.0 Å². The number of carbonyl (C=O) groups is 3. The van der Waals surface area contributed by atoms with Crippen LogP contribution in [-0.4, -0.2) is 53.3 Å². The van der Waals surface area contributed by atoms with E-state index in [0.717, 1.165) is 23.3 Å². The Balaban J connectivity index is 2.60. The molecule has 0 aromatic rings. The van der Waals surface area contributed by atoms with E-state index in [9.17, 15) is 19.5 Å². The van der Waals surface area contributed by atoms with Crippen LogP contribution in [0.25, 0.3) is 0 Å². The molecule has 2 rings (SSSR count). The molecule has 1 aliphatic carbocycles. The smallest absolute Gasteiger partial charge is 0.412 e. The lowest BCUT2D eigenvalue weighted by Crippen LogP contribution is -2.40. The summed E-state index contributed by atoms with van der Waals surface area (Å²) in [5.74, 6) is 0.123. The third kappa shape index (κ3) is 4.59. The van der Waals surface area contributed by atoms with Crippen LogP contribution >= 0.6 is 0 Å². The van der Waals surface area contributed by atoms with Crippen molar-refractivity contribution in [3.05, 3.63) is 35.0 Å². The van der Waals surface area contributed by atoms with Gasteiger partial charge in [0.1, 0.15) is 6.29 Å². The maximum atomic E-state index is 12.2. The Hall–Kier alpha value is -2.57. The number of rotatable bonds is 8. The lowest BCUT2D eigenvalue weighted by molar-refractivity contribution is -0.125. The molecule has 27 heavy (non-hydrogen) atoms. The predicted octanol–water partition coefficient (Wildman–Crippen LogP) is 3.15. The number of Topliss-reactive ketones (excluding diaryl/α,β-unsaturated/α-hetero) is 1. The van der Waals surface area contributed by atoms with Crippen LogP contribution in [0.3, 0.4) is 0 Å². The molecule has 0 saturated carbocycles. The molecule has 7 heteroatoms. The van der Waals surface area contributed by atoms with Gasteiger partial charge in [0.2, 0.25) is 0 Å². The van der Waals surface area contributed by atoms with Gasteiger partial charge in [-0.05, 0) is 17.9 Å². The Bertz CT molecular complexity index is 705. The minimum atomic E-state index is -1.10. The number of nitrogens with zero attached hydrogens (tertiary/aromatic N) is 2. The Morgan fingerprint density at radius 3 is 2.74 bits per heavy atom. The SMILES string of the molecule is CCCCOC1=C(N(C)C(=O)O)N(CC(C)C)C=C2CC(=O)C(C=O)C=C21. The number of aldehydes is 1. The lowest BCUT2D eigenvalue weighted by atomic mass is 9.84. The molecule has 1 aliphatic heterocycles. The maximum Gasteiger partial charge on any atom is 0.412 e. The highest BCUT2D eigenvalue weighted by Crippen LogP contribution is 2.38. The largest absolute Gasteiger partial charge is 0.489 e. The number of unbranched alkanes of at least 4 members (excludes halogenated alkanes) is 1. The topological polar surface area (TPSA) is 87.2 Å². The summed E-state index contributed by atoms with van der Waals surface area (Å²) < 4.78 is 6.01. The van der Waals surface area contributed by atoms with E-state index in [4.69, 9.17) is 4.74 Å². The number of ketones is 1. The first-order chi connectivity index (χ1) is 12.8. The van der Waals surface area contributed by atoms with Crippen molar-refractivity contribution in [1.29, 1.82) is 0 Å². The first-order valence-corrected chi connectivity index (χ1v) is 9.31. The minimum absolute atomic E-state index is 0.133. The van der Waals surface area contributed by atoms with Gasteiger partial charge in [0.05, 0.1) is 12.5 Å². The number of ether oxygens (including phenoxy) is 1. The molecule has 148 valence electrons. The van der Waals surface area contributed by atoms with Crippen LogP contribution in [0.4, 0.5) is 4.79 Å². The summed E-state index contributed by atoms with van der Waals surface area (Å²) in [6.45, 7) is 7.13. The first kappa shape index (κ1) is 20.7. The van der Waals surface area contributed by atoms with E-state index in [1.165, 1.54) is 7.05 Å². The quantitative estimate of drug-likeness (QED) is 0.398. The third-order valence-corrected chi connectivity index (χ3v) is 4.52.